The minimum absolute atomic E-state index is 0.125. The molecule has 3 rings (SSSR count). The first kappa shape index (κ1) is 25.2. The summed E-state index contributed by atoms with van der Waals surface area (Å²) in [4.78, 5) is 18.0. The molecule has 0 fully saturated rings. The molecule has 1 amide bonds. The molecule has 174 valence electrons. The molecule has 1 aliphatic heterocycles. The Morgan fingerprint density at radius 2 is 2.19 bits per heavy atom. The fourth-order valence-corrected chi connectivity index (χ4v) is 5.69. The number of nitrogens with one attached hydrogen (secondary N) is 1. The van der Waals surface area contributed by atoms with Gasteiger partial charge in [0, 0.05) is 13.0 Å². The zero-order valence-electron chi connectivity index (χ0n) is 17.4. The van der Waals surface area contributed by atoms with Gasteiger partial charge in [-0.05, 0) is 90.9 Å². The van der Waals surface area contributed by atoms with Gasteiger partial charge >= 0.3 is 0 Å². The Kier molecular flexibility index (Phi) is 8.79. The molecule has 1 aromatic rings. The Morgan fingerprint density at radius 3 is 2.88 bits per heavy atom. The molecule has 1 aliphatic carbocycles. The van der Waals surface area contributed by atoms with Gasteiger partial charge in [-0.2, -0.15) is 0 Å². The van der Waals surface area contributed by atoms with Gasteiger partial charge in [-0.1, -0.05) is 11.2 Å². The molecule has 32 heavy (non-hydrogen) atoms. The van der Waals surface area contributed by atoms with Gasteiger partial charge in [0.1, 0.15) is 23.3 Å². The van der Waals surface area contributed by atoms with Crippen LogP contribution in [0.1, 0.15) is 18.4 Å². The Labute approximate surface area is 211 Å². The fraction of sp³-hybridized carbons (Fsp3) is 0.429. The summed E-state index contributed by atoms with van der Waals surface area (Å²) in [6.07, 6.45) is 2.15. The highest BCUT2D eigenvalue weighted by molar-refractivity contribution is 9.12. The van der Waals surface area contributed by atoms with Crippen LogP contribution in [0, 0.1) is 0 Å². The van der Waals surface area contributed by atoms with Crippen LogP contribution in [-0.2, 0) is 20.8 Å². The number of halogens is 3. The van der Waals surface area contributed by atoms with Gasteiger partial charge in [0.05, 0.1) is 27.2 Å². The molecule has 4 N–H and O–H groups in total. The largest absolute Gasteiger partial charge is 0.495 e. The van der Waals surface area contributed by atoms with Crippen molar-refractivity contribution in [3.63, 3.8) is 0 Å². The van der Waals surface area contributed by atoms with E-state index in [0.717, 1.165) is 22.2 Å². The average molecular weight is 638 g/mol. The van der Waals surface area contributed by atoms with Crippen molar-refractivity contribution in [2.45, 2.75) is 31.0 Å². The first-order valence-electron chi connectivity index (χ1n) is 9.96. The number of methoxy groups -OCH3 is 1. The van der Waals surface area contributed by atoms with E-state index in [4.69, 9.17) is 20.0 Å². The number of allylic oxidation sites excluding steroid dienone is 1. The van der Waals surface area contributed by atoms with Crippen molar-refractivity contribution in [3.8, 4) is 5.75 Å². The summed E-state index contributed by atoms with van der Waals surface area (Å²) in [7, 11) is 1.50. The van der Waals surface area contributed by atoms with Gasteiger partial charge < -0.3 is 30.5 Å². The summed E-state index contributed by atoms with van der Waals surface area (Å²) in [6, 6.07) is 5.88. The van der Waals surface area contributed by atoms with Crippen LogP contribution in [0.4, 0.5) is 0 Å². The number of oxime groups is 1. The maximum atomic E-state index is 12.5. The molecular formula is C21H24Br3N3O5. The van der Waals surface area contributed by atoms with E-state index in [-0.39, 0.29) is 18.0 Å². The number of hydrogen-bond donors (Lipinski definition) is 3. The number of benzene rings is 1. The second-order valence-corrected chi connectivity index (χ2v) is 9.86. The summed E-state index contributed by atoms with van der Waals surface area (Å²) in [6.45, 7) is 1.44. The number of carbonyl (C=O) groups excluding carboxylic acids is 1. The van der Waals surface area contributed by atoms with Crippen molar-refractivity contribution >= 4 is 59.4 Å². The summed E-state index contributed by atoms with van der Waals surface area (Å²) < 4.78 is 12.9. The fourth-order valence-electron chi connectivity index (χ4n) is 3.36. The van der Waals surface area contributed by atoms with Crippen molar-refractivity contribution in [2.75, 3.05) is 26.8 Å². The first-order valence-corrected chi connectivity index (χ1v) is 12.3. The summed E-state index contributed by atoms with van der Waals surface area (Å²) >= 11 is 10.2. The van der Waals surface area contributed by atoms with Crippen LogP contribution >= 0.6 is 47.8 Å². The molecule has 2 atom stereocenters. The minimum atomic E-state index is -1.17. The van der Waals surface area contributed by atoms with Gasteiger partial charge in [-0.3, -0.25) is 4.79 Å². The van der Waals surface area contributed by atoms with Crippen molar-refractivity contribution in [1.29, 1.82) is 0 Å². The quantitative estimate of drug-likeness (QED) is 0.358. The smallest absolute Gasteiger partial charge is 0.269 e. The van der Waals surface area contributed by atoms with Crippen molar-refractivity contribution in [2.24, 2.45) is 10.9 Å². The molecule has 0 saturated heterocycles. The molecule has 0 unspecified atom stereocenters. The van der Waals surface area contributed by atoms with E-state index >= 15 is 0 Å². The molecule has 0 aromatic heterocycles. The average Bonchev–Trinajstić information content (AvgIpc) is 3.18. The van der Waals surface area contributed by atoms with Gasteiger partial charge in [0.25, 0.3) is 5.91 Å². The highest BCUT2D eigenvalue weighted by atomic mass is 79.9. The van der Waals surface area contributed by atoms with Crippen molar-refractivity contribution in [3.05, 3.63) is 49.0 Å². The number of hydrogen-bond acceptors (Lipinski definition) is 7. The van der Waals surface area contributed by atoms with Gasteiger partial charge in [-0.15, -0.1) is 0 Å². The lowest BCUT2D eigenvalue weighted by atomic mass is 9.87. The maximum Gasteiger partial charge on any atom is 0.269 e. The molecule has 0 bridgehead atoms. The lowest BCUT2D eigenvalue weighted by molar-refractivity contribution is -0.114. The Morgan fingerprint density at radius 1 is 1.41 bits per heavy atom. The van der Waals surface area contributed by atoms with Crippen LogP contribution < -0.4 is 15.8 Å². The second kappa shape index (κ2) is 11.1. The van der Waals surface area contributed by atoms with E-state index in [1.807, 2.05) is 18.2 Å². The number of amides is 1. The van der Waals surface area contributed by atoms with Crippen molar-refractivity contribution < 1.29 is 24.2 Å². The van der Waals surface area contributed by atoms with E-state index < -0.39 is 11.7 Å². The highest BCUT2D eigenvalue weighted by Gasteiger charge is 2.50. The highest BCUT2D eigenvalue weighted by Crippen LogP contribution is 2.43. The number of nitrogens with zero attached hydrogens (tertiary/aromatic N) is 1. The van der Waals surface area contributed by atoms with Gasteiger partial charge in [-0.25, -0.2) is 0 Å². The normalized spacial score (nSPS) is 22.4. The number of aliphatic hydroxyl groups excluding tert-OH is 1. The third-order valence-corrected chi connectivity index (χ3v) is 7.04. The van der Waals surface area contributed by atoms with E-state index in [1.54, 1.807) is 6.08 Å². The van der Waals surface area contributed by atoms with Gasteiger partial charge in [0.2, 0.25) is 0 Å². The molecule has 2 aliphatic rings. The Bertz CT molecular complexity index is 966. The van der Waals surface area contributed by atoms with Crippen LogP contribution in [0.25, 0.3) is 0 Å². The van der Waals surface area contributed by atoms with Crippen LogP contribution in [0.3, 0.4) is 0 Å². The molecule has 0 radical (unpaired) electrons. The number of rotatable bonds is 9. The molecule has 8 nitrogen and oxygen atoms in total. The molecule has 1 aromatic carbocycles. The molecule has 1 spiro atoms. The Hall–Kier alpha value is -1.40. The second-order valence-electron chi connectivity index (χ2n) is 7.30. The number of ether oxygens (including phenoxy) is 2. The van der Waals surface area contributed by atoms with Crippen LogP contribution in [0.2, 0.25) is 0 Å². The summed E-state index contributed by atoms with van der Waals surface area (Å²) in [5.41, 5.74) is 5.76. The maximum absolute atomic E-state index is 12.5. The van der Waals surface area contributed by atoms with Crippen LogP contribution in [0.15, 0.2) is 48.6 Å². The third kappa shape index (κ3) is 5.56. The molecular weight excluding hydrogens is 614 g/mol. The van der Waals surface area contributed by atoms with E-state index in [1.165, 1.54) is 7.11 Å². The number of carbonyl (C=O) groups is 1. The third-order valence-electron chi connectivity index (χ3n) is 5.04. The Balaban J connectivity index is 1.45. The molecule has 0 saturated carbocycles. The predicted octanol–water partition coefficient (Wildman–Crippen LogP) is 3.26. The molecule has 1 heterocycles. The topological polar surface area (TPSA) is 115 Å². The monoisotopic (exact) mass is 635 g/mol. The predicted molar refractivity (Wildman–Crippen MR) is 132 cm³/mol. The standard InChI is InChI=1S/C21H24Br3N3O5/c1-30-18-14(23)10-21(19(28)17(18)24)11-15(27-32-21)20(29)26-7-2-8-31-16-4-3-12(5-6-25)9-13(16)22/h3-4,9-10,19,28H,2,5-8,11,25H2,1H3,(H,26,29)/t19-,21-/m0/s1. The SMILES string of the molecule is COC1=C(Br)[C@H](O)[C@]2(C=C1Br)CC(C(=O)NCCCOc1ccc(CCN)cc1Br)=NO2. The van der Waals surface area contributed by atoms with E-state index in [2.05, 4.69) is 58.3 Å². The van der Waals surface area contributed by atoms with Crippen LogP contribution in [-0.4, -0.2) is 55.2 Å². The number of nitrogens with two attached hydrogens (primary N) is 1. The van der Waals surface area contributed by atoms with Crippen molar-refractivity contribution in [1.82, 2.24) is 5.32 Å². The summed E-state index contributed by atoms with van der Waals surface area (Å²) in [5.74, 6) is 0.860. The zero-order valence-corrected chi connectivity index (χ0v) is 22.1. The first-order chi connectivity index (χ1) is 15.3. The lowest BCUT2D eigenvalue weighted by Crippen LogP contribution is -2.45. The van der Waals surface area contributed by atoms with Crippen LogP contribution in [0.5, 0.6) is 5.75 Å². The molecule has 11 heteroatoms. The lowest BCUT2D eigenvalue weighted by Gasteiger charge is -2.33. The van der Waals surface area contributed by atoms with E-state index in [0.29, 0.717) is 40.8 Å². The van der Waals surface area contributed by atoms with Gasteiger partial charge in [0.15, 0.2) is 5.60 Å². The summed E-state index contributed by atoms with van der Waals surface area (Å²) in [5, 5.41) is 17.4. The number of aliphatic hydroxyl groups is 1. The zero-order chi connectivity index (χ0) is 23.3. The minimum Gasteiger partial charge on any atom is -0.495 e. The van der Waals surface area contributed by atoms with E-state index in [9.17, 15) is 9.90 Å².